The summed E-state index contributed by atoms with van der Waals surface area (Å²) >= 11 is 3.29. The van der Waals surface area contributed by atoms with E-state index in [1.807, 2.05) is 12.1 Å². The molecule has 0 amide bonds. The Morgan fingerprint density at radius 3 is 2.25 bits per heavy atom. The van der Waals surface area contributed by atoms with E-state index in [1.165, 1.54) is 28.6 Å². The molecule has 0 aliphatic heterocycles. The van der Waals surface area contributed by atoms with Gasteiger partial charge >= 0.3 is 0 Å². The smallest absolute Gasteiger partial charge is 0.271 e. The standard InChI is InChI=1S/C22H22BrFN2O2/c1-22(2,3)17-8-4-15(5-9-17)12-26-14-25-20(19(23)21(26)27)28-13-16-6-10-18(24)11-7-16/h4-11,14H,12-13H2,1-3H3. The molecule has 2 aromatic carbocycles. The van der Waals surface area contributed by atoms with Gasteiger partial charge in [-0.25, -0.2) is 9.37 Å². The fourth-order valence-electron chi connectivity index (χ4n) is 2.70. The lowest BCUT2D eigenvalue weighted by Gasteiger charge is -2.19. The largest absolute Gasteiger partial charge is 0.472 e. The van der Waals surface area contributed by atoms with Crippen molar-refractivity contribution in [3.05, 3.63) is 92.2 Å². The Kier molecular flexibility index (Phi) is 5.98. The number of hydrogen-bond acceptors (Lipinski definition) is 3. The molecule has 0 unspecified atom stereocenters. The molecule has 4 nitrogen and oxygen atoms in total. The number of halogens is 2. The molecule has 146 valence electrons. The van der Waals surface area contributed by atoms with Crippen LogP contribution in [0.4, 0.5) is 4.39 Å². The molecule has 0 bridgehead atoms. The highest BCUT2D eigenvalue weighted by Gasteiger charge is 2.14. The van der Waals surface area contributed by atoms with E-state index in [0.29, 0.717) is 6.54 Å². The lowest BCUT2D eigenvalue weighted by Crippen LogP contribution is -2.22. The molecular weight excluding hydrogens is 423 g/mol. The minimum absolute atomic E-state index is 0.0868. The minimum atomic E-state index is -0.304. The molecule has 0 fully saturated rings. The first kappa shape index (κ1) is 20.3. The molecule has 0 aliphatic carbocycles. The highest BCUT2D eigenvalue weighted by atomic mass is 79.9. The van der Waals surface area contributed by atoms with E-state index in [2.05, 4.69) is 53.8 Å². The van der Waals surface area contributed by atoms with Crippen molar-refractivity contribution in [1.82, 2.24) is 9.55 Å². The lowest BCUT2D eigenvalue weighted by atomic mass is 9.87. The van der Waals surface area contributed by atoms with Crippen molar-refractivity contribution >= 4 is 15.9 Å². The Balaban J connectivity index is 1.72. The number of nitrogens with zero attached hydrogens (tertiary/aromatic N) is 2. The zero-order valence-electron chi connectivity index (χ0n) is 16.1. The summed E-state index contributed by atoms with van der Waals surface area (Å²) in [6.45, 7) is 7.12. The van der Waals surface area contributed by atoms with Crippen LogP contribution in [-0.2, 0) is 18.6 Å². The van der Waals surface area contributed by atoms with Crippen molar-refractivity contribution in [2.24, 2.45) is 0 Å². The first-order valence-electron chi connectivity index (χ1n) is 8.95. The second-order valence-electron chi connectivity index (χ2n) is 7.66. The zero-order valence-corrected chi connectivity index (χ0v) is 17.7. The van der Waals surface area contributed by atoms with E-state index < -0.39 is 0 Å². The normalized spacial score (nSPS) is 11.5. The fraction of sp³-hybridized carbons (Fsp3) is 0.273. The third kappa shape index (κ3) is 4.87. The molecule has 0 saturated carbocycles. The lowest BCUT2D eigenvalue weighted by molar-refractivity contribution is 0.289. The summed E-state index contributed by atoms with van der Waals surface area (Å²) in [6, 6.07) is 14.2. The molecule has 1 aromatic heterocycles. The van der Waals surface area contributed by atoms with Crippen LogP contribution in [0.3, 0.4) is 0 Å². The van der Waals surface area contributed by atoms with E-state index in [-0.39, 0.29) is 33.8 Å². The van der Waals surface area contributed by atoms with Crippen molar-refractivity contribution in [3.63, 3.8) is 0 Å². The average Bonchev–Trinajstić information content (AvgIpc) is 2.66. The van der Waals surface area contributed by atoms with Crippen LogP contribution in [0.2, 0.25) is 0 Å². The Labute approximate surface area is 172 Å². The number of aromatic nitrogens is 2. The zero-order chi connectivity index (χ0) is 20.3. The fourth-order valence-corrected chi connectivity index (χ4v) is 3.15. The summed E-state index contributed by atoms with van der Waals surface area (Å²) in [4.78, 5) is 16.9. The Morgan fingerprint density at radius 2 is 1.64 bits per heavy atom. The minimum Gasteiger partial charge on any atom is -0.472 e. The van der Waals surface area contributed by atoms with Crippen molar-refractivity contribution < 1.29 is 9.13 Å². The summed E-state index contributed by atoms with van der Waals surface area (Å²) in [5, 5.41) is 0. The number of ether oxygens (including phenoxy) is 1. The van der Waals surface area contributed by atoms with Gasteiger partial charge in [0.25, 0.3) is 5.56 Å². The molecule has 0 spiro atoms. The first-order valence-corrected chi connectivity index (χ1v) is 9.75. The monoisotopic (exact) mass is 444 g/mol. The van der Waals surface area contributed by atoms with Crippen molar-refractivity contribution in [2.45, 2.75) is 39.3 Å². The highest BCUT2D eigenvalue weighted by Crippen LogP contribution is 2.23. The molecule has 0 N–H and O–H groups in total. The van der Waals surface area contributed by atoms with Crippen LogP contribution in [0.25, 0.3) is 0 Å². The van der Waals surface area contributed by atoms with Gasteiger partial charge in [-0.3, -0.25) is 9.36 Å². The Hall–Kier alpha value is -2.47. The number of hydrogen-bond donors (Lipinski definition) is 0. The van der Waals surface area contributed by atoms with E-state index in [4.69, 9.17) is 4.74 Å². The van der Waals surface area contributed by atoms with E-state index >= 15 is 0 Å². The van der Waals surface area contributed by atoms with Gasteiger partial charge in [0.1, 0.15) is 23.2 Å². The van der Waals surface area contributed by atoms with Gasteiger partial charge in [-0.1, -0.05) is 57.2 Å². The van der Waals surface area contributed by atoms with Gasteiger partial charge in [0.05, 0.1) is 6.54 Å². The molecule has 0 atom stereocenters. The molecule has 0 radical (unpaired) electrons. The van der Waals surface area contributed by atoms with Crippen molar-refractivity contribution in [1.29, 1.82) is 0 Å². The summed E-state index contributed by atoms with van der Waals surface area (Å²) in [7, 11) is 0. The predicted octanol–water partition coefficient (Wildman–Crippen LogP) is 5.07. The van der Waals surface area contributed by atoms with E-state index in [0.717, 1.165) is 11.1 Å². The highest BCUT2D eigenvalue weighted by molar-refractivity contribution is 9.10. The predicted molar refractivity (Wildman–Crippen MR) is 111 cm³/mol. The summed E-state index contributed by atoms with van der Waals surface area (Å²) < 4.78 is 20.4. The van der Waals surface area contributed by atoms with Gasteiger partial charge in [-0.15, -0.1) is 0 Å². The molecule has 1 heterocycles. The van der Waals surface area contributed by atoms with Gasteiger partial charge in [0, 0.05) is 0 Å². The molecule has 0 aliphatic rings. The van der Waals surface area contributed by atoms with Gasteiger partial charge < -0.3 is 4.74 Å². The number of rotatable bonds is 5. The molecular formula is C22H22BrFN2O2. The SMILES string of the molecule is CC(C)(C)c1ccc(Cn2cnc(OCc3ccc(F)cc3)c(Br)c2=O)cc1. The van der Waals surface area contributed by atoms with Gasteiger partial charge in [-0.2, -0.15) is 0 Å². The summed E-state index contributed by atoms with van der Waals surface area (Å²) in [5.41, 5.74) is 2.92. The molecule has 28 heavy (non-hydrogen) atoms. The average molecular weight is 445 g/mol. The van der Waals surface area contributed by atoms with E-state index in [1.54, 1.807) is 12.1 Å². The first-order chi connectivity index (χ1) is 13.2. The van der Waals surface area contributed by atoms with E-state index in [9.17, 15) is 9.18 Å². The quantitative estimate of drug-likeness (QED) is 0.551. The Morgan fingerprint density at radius 1 is 1.04 bits per heavy atom. The van der Waals surface area contributed by atoms with Crippen LogP contribution < -0.4 is 10.3 Å². The molecule has 0 saturated heterocycles. The molecule has 6 heteroatoms. The maximum Gasteiger partial charge on any atom is 0.271 e. The van der Waals surface area contributed by atoms with Crippen molar-refractivity contribution in [3.8, 4) is 5.88 Å². The molecule has 3 rings (SSSR count). The summed E-state index contributed by atoms with van der Waals surface area (Å²) in [6.07, 6.45) is 1.48. The van der Waals surface area contributed by atoms with Crippen LogP contribution >= 0.6 is 15.9 Å². The second kappa shape index (κ2) is 8.27. The van der Waals surface area contributed by atoms with Gasteiger partial charge in [0.15, 0.2) is 0 Å². The molecule has 3 aromatic rings. The van der Waals surface area contributed by atoms with Crippen LogP contribution in [0.15, 0.2) is 64.1 Å². The van der Waals surface area contributed by atoms with Crippen LogP contribution in [0.1, 0.15) is 37.5 Å². The van der Waals surface area contributed by atoms with Gasteiger partial charge in [0.2, 0.25) is 5.88 Å². The second-order valence-corrected chi connectivity index (χ2v) is 8.45. The maximum atomic E-state index is 13.0. The Bertz CT molecular complexity index is 1010. The third-order valence-corrected chi connectivity index (χ3v) is 5.09. The number of benzene rings is 2. The maximum absolute atomic E-state index is 13.0. The van der Waals surface area contributed by atoms with Gasteiger partial charge in [-0.05, 0) is 50.2 Å². The topological polar surface area (TPSA) is 44.1 Å². The third-order valence-electron chi connectivity index (χ3n) is 4.41. The summed E-state index contributed by atoms with van der Waals surface area (Å²) in [5.74, 6) is -0.0881. The van der Waals surface area contributed by atoms with Crippen molar-refractivity contribution in [2.75, 3.05) is 0 Å². The van der Waals surface area contributed by atoms with Crippen LogP contribution in [-0.4, -0.2) is 9.55 Å². The van der Waals surface area contributed by atoms with Crippen LogP contribution in [0, 0.1) is 5.82 Å². The van der Waals surface area contributed by atoms with Crippen LogP contribution in [0.5, 0.6) is 5.88 Å².